The Morgan fingerprint density at radius 2 is 2.14 bits per heavy atom. The molecule has 21 heavy (non-hydrogen) atoms. The van der Waals surface area contributed by atoms with E-state index in [-0.39, 0.29) is 23.0 Å². The van der Waals surface area contributed by atoms with Crippen molar-refractivity contribution in [3.63, 3.8) is 0 Å². The van der Waals surface area contributed by atoms with Gasteiger partial charge in [0.1, 0.15) is 11.6 Å². The Kier molecular flexibility index (Phi) is 4.84. The average Bonchev–Trinajstić information content (AvgIpc) is 2.45. The number of halogens is 3. The Labute approximate surface area is 127 Å². The third-order valence-electron chi connectivity index (χ3n) is 4.43. The van der Waals surface area contributed by atoms with Crippen molar-refractivity contribution in [3.05, 3.63) is 34.4 Å². The summed E-state index contributed by atoms with van der Waals surface area (Å²) in [5.74, 6) is -2.11. The fourth-order valence-corrected chi connectivity index (χ4v) is 3.09. The van der Waals surface area contributed by atoms with Crippen LogP contribution in [0.25, 0.3) is 0 Å². The van der Waals surface area contributed by atoms with Crippen LogP contribution in [0.2, 0.25) is 5.02 Å². The molecule has 3 N–H and O–H groups in total. The quantitative estimate of drug-likeness (QED) is 0.841. The predicted octanol–water partition coefficient (Wildman–Crippen LogP) is 3.26. The third kappa shape index (κ3) is 3.19. The summed E-state index contributed by atoms with van der Waals surface area (Å²) in [6.45, 7) is 2.29. The largest absolute Gasteiger partial charge is 0.345 e. The molecule has 1 amide bonds. The number of carbonyl (C=O) groups excluding carboxylic acids is 1. The molecule has 0 aromatic heterocycles. The van der Waals surface area contributed by atoms with E-state index in [1.54, 1.807) is 0 Å². The summed E-state index contributed by atoms with van der Waals surface area (Å²) in [5, 5.41) is 2.48. The van der Waals surface area contributed by atoms with Gasteiger partial charge in [0.05, 0.1) is 16.1 Å². The molecular weight excluding hydrogens is 298 g/mol. The molecule has 1 aliphatic rings. The monoisotopic (exact) mass is 316 g/mol. The highest BCUT2D eigenvalue weighted by atomic mass is 35.5. The Balaban J connectivity index is 2.26. The molecule has 2 atom stereocenters. The summed E-state index contributed by atoms with van der Waals surface area (Å²) in [7, 11) is 0. The van der Waals surface area contributed by atoms with E-state index < -0.39 is 23.1 Å². The van der Waals surface area contributed by atoms with Crippen molar-refractivity contribution in [2.24, 2.45) is 11.7 Å². The maximum atomic E-state index is 13.8. The van der Waals surface area contributed by atoms with Gasteiger partial charge in [0, 0.05) is 6.54 Å². The molecular formula is C15H19ClF2N2O. The van der Waals surface area contributed by atoms with Gasteiger partial charge in [-0.1, -0.05) is 31.4 Å². The number of carbonyl (C=O) groups is 1. The SMILES string of the molecule is CC1CCCCC1(CN)NC(=O)c1cc(F)c(Cl)cc1F. The van der Waals surface area contributed by atoms with E-state index in [0.29, 0.717) is 0 Å². The molecule has 0 radical (unpaired) electrons. The van der Waals surface area contributed by atoms with Crippen molar-refractivity contribution in [1.82, 2.24) is 5.32 Å². The van der Waals surface area contributed by atoms with Crippen molar-refractivity contribution in [2.45, 2.75) is 38.1 Å². The van der Waals surface area contributed by atoms with E-state index in [9.17, 15) is 13.6 Å². The molecule has 3 nitrogen and oxygen atoms in total. The molecule has 1 saturated carbocycles. The number of hydrogen-bond acceptors (Lipinski definition) is 2. The van der Waals surface area contributed by atoms with Gasteiger partial charge in [-0.05, 0) is 30.9 Å². The third-order valence-corrected chi connectivity index (χ3v) is 4.72. The smallest absolute Gasteiger partial charge is 0.254 e. The molecule has 0 heterocycles. The van der Waals surface area contributed by atoms with Crippen molar-refractivity contribution in [1.29, 1.82) is 0 Å². The van der Waals surface area contributed by atoms with E-state index in [1.165, 1.54) is 0 Å². The fraction of sp³-hybridized carbons (Fsp3) is 0.533. The minimum atomic E-state index is -0.838. The average molecular weight is 317 g/mol. The van der Waals surface area contributed by atoms with E-state index in [4.69, 9.17) is 17.3 Å². The first-order valence-electron chi connectivity index (χ1n) is 7.07. The van der Waals surface area contributed by atoms with Crippen LogP contribution in [0.15, 0.2) is 12.1 Å². The molecule has 0 aliphatic heterocycles. The first-order valence-corrected chi connectivity index (χ1v) is 7.44. The van der Waals surface area contributed by atoms with Gasteiger partial charge in [-0.3, -0.25) is 4.79 Å². The Hall–Kier alpha value is -1.20. The molecule has 0 bridgehead atoms. The molecule has 1 aliphatic carbocycles. The van der Waals surface area contributed by atoms with Gasteiger partial charge >= 0.3 is 0 Å². The number of nitrogens with two attached hydrogens (primary N) is 1. The van der Waals surface area contributed by atoms with Crippen molar-refractivity contribution >= 4 is 17.5 Å². The second-order valence-electron chi connectivity index (χ2n) is 5.71. The van der Waals surface area contributed by atoms with Gasteiger partial charge in [-0.15, -0.1) is 0 Å². The zero-order chi connectivity index (χ0) is 15.6. The first-order chi connectivity index (χ1) is 9.89. The van der Waals surface area contributed by atoms with Gasteiger partial charge in [0.2, 0.25) is 0 Å². The lowest BCUT2D eigenvalue weighted by molar-refractivity contribution is 0.0808. The fourth-order valence-electron chi connectivity index (χ4n) is 2.94. The molecule has 116 valence electrons. The zero-order valence-corrected chi connectivity index (χ0v) is 12.6. The normalized spacial score (nSPS) is 25.7. The summed E-state index contributed by atoms with van der Waals surface area (Å²) in [5.41, 5.74) is 4.94. The van der Waals surface area contributed by atoms with Crippen LogP contribution in [0, 0.1) is 17.6 Å². The lowest BCUT2D eigenvalue weighted by atomic mass is 9.73. The highest BCUT2D eigenvalue weighted by Gasteiger charge is 2.38. The number of nitrogens with one attached hydrogen (secondary N) is 1. The summed E-state index contributed by atoms with van der Waals surface area (Å²) in [6.07, 6.45) is 3.74. The van der Waals surface area contributed by atoms with Crippen LogP contribution in [0.5, 0.6) is 0 Å². The Morgan fingerprint density at radius 3 is 2.76 bits per heavy atom. The minimum Gasteiger partial charge on any atom is -0.345 e. The summed E-state index contributed by atoms with van der Waals surface area (Å²) in [6, 6.07) is 1.63. The maximum Gasteiger partial charge on any atom is 0.254 e. The first kappa shape index (κ1) is 16.2. The van der Waals surface area contributed by atoms with E-state index in [0.717, 1.165) is 37.8 Å². The van der Waals surface area contributed by atoms with Gasteiger partial charge in [0.15, 0.2) is 0 Å². The van der Waals surface area contributed by atoms with Crippen LogP contribution in [-0.4, -0.2) is 18.0 Å². The van der Waals surface area contributed by atoms with Crippen LogP contribution >= 0.6 is 11.6 Å². The van der Waals surface area contributed by atoms with Gasteiger partial charge < -0.3 is 11.1 Å². The second kappa shape index (κ2) is 6.28. The highest BCUT2D eigenvalue weighted by molar-refractivity contribution is 6.30. The van der Waals surface area contributed by atoms with Crippen molar-refractivity contribution in [2.75, 3.05) is 6.54 Å². The summed E-state index contributed by atoms with van der Waals surface area (Å²) < 4.78 is 27.3. The lowest BCUT2D eigenvalue weighted by Gasteiger charge is -2.42. The van der Waals surface area contributed by atoms with E-state index >= 15 is 0 Å². The molecule has 1 aromatic carbocycles. The van der Waals surface area contributed by atoms with Gasteiger partial charge in [0.25, 0.3) is 5.91 Å². The maximum absolute atomic E-state index is 13.8. The highest BCUT2D eigenvalue weighted by Crippen LogP contribution is 2.33. The van der Waals surface area contributed by atoms with Crippen LogP contribution in [0.3, 0.4) is 0 Å². The predicted molar refractivity (Wildman–Crippen MR) is 78.3 cm³/mol. The number of amides is 1. The molecule has 6 heteroatoms. The van der Waals surface area contributed by atoms with Crippen molar-refractivity contribution in [3.8, 4) is 0 Å². The zero-order valence-electron chi connectivity index (χ0n) is 11.9. The lowest BCUT2D eigenvalue weighted by Crippen LogP contribution is -2.59. The number of hydrogen-bond donors (Lipinski definition) is 2. The van der Waals surface area contributed by atoms with Gasteiger partial charge in [-0.25, -0.2) is 8.78 Å². The van der Waals surface area contributed by atoms with Crippen molar-refractivity contribution < 1.29 is 13.6 Å². The number of rotatable bonds is 3. The van der Waals surface area contributed by atoms with Crippen LogP contribution in [0.4, 0.5) is 8.78 Å². The van der Waals surface area contributed by atoms with E-state index in [2.05, 4.69) is 5.32 Å². The summed E-state index contributed by atoms with van der Waals surface area (Å²) >= 11 is 5.49. The van der Waals surface area contributed by atoms with Crippen LogP contribution < -0.4 is 11.1 Å². The van der Waals surface area contributed by atoms with Crippen LogP contribution in [-0.2, 0) is 0 Å². The minimum absolute atomic E-state index is 0.195. The standard InChI is InChI=1S/C15H19ClF2N2O/c1-9-4-2-3-5-15(9,8-19)20-14(21)10-6-13(18)11(16)7-12(10)17/h6-7,9H,2-5,8,19H2,1H3,(H,20,21). The molecule has 0 spiro atoms. The molecule has 1 aromatic rings. The summed E-state index contributed by atoms with van der Waals surface area (Å²) in [4.78, 5) is 12.3. The topological polar surface area (TPSA) is 55.1 Å². The number of benzene rings is 1. The molecule has 0 saturated heterocycles. The van der Waals surface area contributed by atoms with Crippen LogP contribution in [0.1, 0.15) is 43.0 Å². The Bertz CT molecular complexity index is 553. The molecule has 1 fully saturated rings. The molecule has 2 rings (SSSR count). The van der Waals surface area contributed by atoms with E-state index in [1.807, 2.05) is 6.92 Å². The Morgan fingerprint density at radius 1 is 1.43 bits per heavy atom. The van der Waals surface area contributed by atoms with Gasteiger partial charge in [-0.2, -0.15) is 0 Å². The second-order valence-corrected chi connectivity index (χ2v) is 6.11. The molecule has 2 unspecified atom stereocenters.